The maximum Gasteiger partial charge on any atom is 0.220 e. The maximum absolute atomic E-state index is 6.31. The minimum absolute atomic E-state index is 0.257. The number of nitrogens with zero attached hydrogens (tertiary/aromatic N) is 6. The number of rotatable bonds is 7. The Balaban J connectivity index is 1.21. The summed E-state index contributed by atoms with van der Waals surface area (Å²) in [6.07, 6.45) is 8.03. The van der Waals surface area contributed by atoms with Gasteiger partial charge in [0.15, 0.2) is 0 Å². The van der Waals surface area contributed by atoms with E-state index in [-0.39, 0.29) is 5.96 Å². The Bertz CT molecular complexity index is 1160. The van der Waals surface area contributed by atoms with Crippen LogP contribution in [0.3, 0.4) is 0 Å². The van der Waals surface area contributed by atoms with Crippen LogP contribution in [0.25, 0.3) is 0 Å². The second kappa shape index (κ2) is 9.54. The van der Waals surface area contributed by atoms with E-state index in [0.717, 1.165) is 55.8 Å². The van der Waals surface area contributed by atoms with E-state index in [1.807, 2.05) is 58.2 Å². The Labute approximate surface area is 199 Å². The van der Waals surface area contributed by atoms with Gasteiger partial charge in [0.2, 0.25) is 11.9 Å². The average Bonchev–Trinajstić information content (AvgIpc) is 3.31. The number of benzene rings is 2. The molecule has 2 aromatic carbocycles. The van der Waals surface area contributed by atoms with Crippen molar-refractivity contribution in [2.45, 2.75) is 57.3 Å². The van der Waals surface area contributed by atoms with E-state index in [4.69, 9.17) is 21.2 Å². The fourth-order valence-corrected chi connectivity index (χ4v) is 4.75. The highest BCUT2D eigenvalue weighted by Crippen LogP contribution is 2.39. The predicted octanol–water partition coefficient (Wildman–Crippen LogP) is 3.21. The molecule has 1 aliphatic carbocycles. The lowest BCUT2D eigenvalue weighted by Crippen LogP contribution is -2.58. The third-order valence-corrected chi connectivity index (χ3v) is 6.39. The first-order valence-corrected chi connectivity index (χ1v) is 11.8. The second-order valence-electron chi connectivity index (χ2n) is 8.81. The Kier molecular flexibility index (Phi) is 6.16. The molecule has 1 fully saturated rings. The molecule has 2 aliphatic rings. The Morgan fingerprint density at radius 3 is 2.47 bits per heavy atom. The van der Waals surface area contributed by atoms with Gasteiger partial charge in [-0.05, 0) is 61.9 Å². The quantitative estimate of drug-likeness (QED) is 0.561. The van der Waals surface area contributed by atoms with Crippen LogP contribution in [0.5, 0.6) is 5.75 Å². The van der Waals surface area contributed by atoms with Gasteiger partial charge in [-0.25, -0.2) is 4.99 Å². The molecule has 9 heteroatoms. The molecular formula is C25H30N8O. The summed E-state index contributed by atoms with van der Waals surface area (Å²) in [4.78, 5) is 11.0. The van der Waals surface area contributed by atoms with Crippen molar-refractivity contribution in [1.82, 2.24) is 15.0 Å². The van der Waals surface area contributed by atoms with Gasteiger partial charge >= 0.3 is 0 Å². The SMILES string of the molecule is NC1=NC2(CCCCC2)N(c2ccc(OCc3cn(CCc4ccccc4)nn3)cc2)C(N)=N1. The van der Waals surface area contributed by atoms with Crippen molar-refractivity contribution in [3.05, 3.63) is 72.1 Å². The van der Waals surface area contributed by atoms with Gasteiger partial charge < -0.3 is 16.2 Å². The molecule has 176 valence electrons. The fraction of sp³-hybridized carbons (Fsp3) is 0.360. The van der Waals surface area contributed by atoms with Crippen molar-refractivity contribution in [3.8, 4) is 5.75 Å². The van der Waals surface area contributed by atoms with Crippen molar-refractivity contribution < 1.29 is 4.74 Å². The highest BCUT2D eigenvalue weighted by molar-refractivity contribution is 6.05. The molecule has 0 amide bonds. The average molecular weight is 459 g/mol. The summed E-state index contributed by atoms with van der Waals surface area (Å²) in [5.41, 5.74) is 14.8. The van der Waals surface area contributed by atoms with Crippen LogP contribution >= 0.6 is 0 Å². The zero-order chi connectivity index (χ0) is 23.4. The van der Waals surface area contributed by atoms with Gasteiger partial charge in [0.05, 0.1) is 6.20 Å². The zero-order valence-corrected chi connectivity index (χ0v) is 19.2. The number of aliphatic imine (C=N–C) groups is 2. The summed E-state index contributed by atoms with van der Waals surface area (Å²) >= 11 is 0. The summed E-state index contributed by atoms with van der Waals surface area (Å²) in [7, 11) is 0. The topological polar surface area (TPSA) is 120 Å². The predicted molar refractivity (Wildman–Crippen MR) is 132 cm³/mol. The molecule has 0 atom stereocenters. The molecule has 4 N–H and O–H groups in total. The van der Waals surface area contributed by atoms with Crippen molar-refractivity contribution in [2.24, 2.45) is 21.5 Å². The molecule has 5 rings (SSSR count). The number of aromatic nitrogens is 3. The lowest BCUT2D eigenvalue weighted by molar-refractivity contribution is 0.299. The largest absolute Gasteiger partial charge is 0.487 e. The fourth-order valence-electron chi connectivity index (χ4n) is 4.75. The van der Waals surface area contributed by atoms with Gasteiger partial charge in [-0.2, -0.15) is 4.99 Å². The van der Waals surface area contributed by atoms with Gasteiger partial charge in [-0.3, -0.25) is 9.58 Å². The van der Waals surface area contributed by atoms with Gasteiger partial charge in [0.1, 0.15) is 23.7 Å². The molecular weight excluding hydrogens is 428 g/mol. The monoisotopic (exact) mass is 458 g/mol. The van der Waals surface area contributed by atoms with Gasteiger partial charge in [-0.1, -0.05) is 42.0 Å². The number of hydrogen-bond donors (Lipinski definition) is 2. The Hall–Kier alpha value is -3.88. The van der Waals surface area contributed by atoms with Crippen LogP contribution in [0.15, 0.2) is 70.8 Å². The first-order valence-electron chi connectivity index (χ1n) is 11.8. The first kappa shape index (κ1) is 21.9. The third kappa shape index (κ3) is 4.73. The van der Waals surface area contributed by atoms with Crippen LogP contribution in [0, 0.1) is 0 Å². The van der Waals surface area contributed by atoms with Crippen LogP contribution < -0.4 is 21.1 Å². The van der Waals surface area contributed by atoms with E-state index in [0.29, 0.717) is 12.6 Å². The number of aryl methyl sites for hydroxylation is 2. The number of hydrogen-bond acceptors (Lipinski definition) is 8. The van der Waals surface area contributed by atoms with Crippen LogP contribution in [0.1, 0.15) is 43.4 Å². The van der Waals surface area contributed by atoms with Gasteiger partial charge in [-0.15, -0.1) is 5.10 Å². The summed E-state index contributed by atoms with van der Waals surface area (Å²) in [6.45, 7) is 1.13. The van der Waals surface area contributed by atoms with Crippen LogP contribution in [0.4, 0.5) is 5.69 Å². The number of anilines is 1. The molecule has 1 aromatic heterocycles. The van der Waals surface area contributed by atoms with E-state index in [2.05, 4.69) is 27.4 Å². The molecule has 34 heavy (non-hydrogen) atoms. The molecule has 9 nitrogen and oxygen atoms in total. The number of ether oxygens (including phenoxy) is 1. The number of guanidine groups is 2. The highest BCUT2D eigenvalue weighted by atomic mass is 16.5. The normalized spacial score (nSPS) is 17.4. The summed E-state index contributed by atoms with van der Waals surface area (Å²) in [5, 5.41) is 8.44. The first-order chi connectivity index (χ1) is 16.6. The number of nitrogens with two attached hydrogens (primary N) is 2. The summed E-state index contributed by atoms with van der Waals surface area (Å²) in [5.74, 6) is 1.39. The lowest BCUT2D eigenvalue weighted by atomic mass is 9.87. The standard InChI is InChI=1S/C25H30N8O/c26-23-28-24(27)33(25(29-23)14-5-2-6-15-25)21-9-11-22(12-10-21)34-18-20-17-32(31-30-20)16-13-19-7-3-1-4-8-19/h1,3-4,7-12,17H,2,5-6,13-16,18H2,(H4,26,27,28,29). The van der Waals surface area contributed by atoms with Crippen LogP contribution in [-0.2, 0) is 19.6 Å². The van der Waals surface area contributed by atoms with E-state index < -0.39 is 5.66 Å². The minimum atomic E-state index is -0.450. The Morgan fingerprint density at radius 2 is 1.71 bits per heavy atom. The van der Waals surface area contributed by atoms with Crippen LogP contribution in [-0.4, -0.2) is 32.6 Å². The third-order valence-electron chi connectivity index (χ3n) is 6.39. The molecule has 0 bridgehead atoms. The molecule has 1 spiro atoms. The Morgan fingerprint density at radius 1 is 0.941 bits per heavy atom. The highest BCUT2D eigenvalue weighted by Gasteiger charge is 2.42. The molecule has 0 unspecified atom stereocenters. The zero-order valence-electron chi connectivity index (χ0n) is 19.2. The van der Waals surface area contributed by atoms with Crippen LogP contribution in [0.2, 0.25) is 0 Å². The van der Waals surface area contributed by atoms with Crippen molar-refractivity contribution >= 4 is 17.6 Å². The van der Waals surface area contributed by atoms with Crippen molar-refractivity contribution in [2.75, 3.05) is 4.90 Å². The molecule has 0 radical (unpaired) electrons. The maximum atomic E-state index is 6.31. The van der Waals surface area contributed by atoms with Crippen molar-refractivity contribution in [3.63, 3.8) is 0 Å². The molecule has 2 heterocycles. The molecule has 3 aromatic rings. The molecule has 0 saturated heterocycles. The smallest absolute Gasteiger partial charge is 0.220 e. The summed E-state index contributed by atoms with van der Waals surface area (Å²) < 4.78 is 7.80. The van der Waals surface area contributed by atoms with E-state index >= 15 is 0 Å². The summed E-state index contributed by atoms with van der Waals surface area (Å²) in [6, 6.07) is 18.2. The molecule has 1 saturated carbocycles. The van der Waals surface area contributed by atoms with E-state index in [9.17, 15) is 0 Å². The minimum Gasteiger partial charge on any atom is -0.487 e. The lowest BCUT2D eigenvalue weighted by Gasteiger charge is -2.45. The van der Waals surface area contributed by atoms with Gasteiger partial charge in [0.25, 0.3) is 0 Å². The van der Waals surface area contributed by atoms with Gasteiger partial charge in [0, 0.05) is 12.2 Å². The van der Waals surface area contributed by atoms with E-state index in [1.165, 1.54) is 12.0 Å². The molecule has 1 aliphatic heterocycles. The second-order valence-corrected chi connectivity index (χ2v) is 8.81. The van der Waals surface area contributed by atoms with E-state index in [1.54, 1.807) is 0 Å². The van der Waals surface area contributed by atoms with Crippen molar-refractivity contribution in [1.29, 1.82) is 0 Å².